The van der Waals surface area contributed by atoms with Crippen molar-refractivity contribution in [2.75, 3.05) is 7.11 Å². The van der Waals surface area contributed by atoms with E-state index in [4.69, 9.17) is 4.74 Å². The van der Waals surface area contributed by atoms with E-state index in [1.807, 2.05) is 23.0 Å². The van der Waals surface area contributed by atoms with Gasteiger partial charge in [0.05, 0.1) is 13.7 Å². The summed E-state index contributed by atoms with van der Waals surface area (Å²) in [6.07, 6.45) is 6.34. The van der Waals surface area contributed by atoms with Crippen LogP contribution in [0.5, 0.6) is 5.75 Å². The third-order valence-corrected chi connectivity index (χ3v) is 2.88. The molecule has 2 aromatic rings. The highest BCUT2D eigenvalue weighted by atomic mass is 16.5. The average Bonchev–Trinajstić information content (AvgIpc) is 2.84. The summed E-state index contributed by atoms with van der Waals surface area (Å²) >= 11 is 0. The molecule has 0 unspecified atom stereocenters. The normalized spacial score (nSPS) is 10.6. The smallest absolute Gasteiger partial charge is 0.118 e. The summed E-state index contributed by atoms with van der Waals surface area (Å²) in [4.78, 5) is 0. The molecule has 0 amide bonds. The second-order valence-electron chi connectivity index (χ2n) is 4.25. The standard InChI is InChI=1S/C15H19N2O/c1-3-4-5-14-10-11-16-17(14)12-13-6-8-15(18-2)9-7-13/h5-11H,3-4,12H2,1-2H3. The van der Waals surface area contributed by atoms with Gasteiger partial charge in [-0.15, -0.1) is 0 Å². The summed E-state index contributed by atoms with van der Waals surface area (Å²) in [5.74, 6) is 0.886. The van der Waals surface area contributed by atoms with Gasteiger partial charge in [-0.25, -0.2) is 0 Å². The predicted octanol–water partition coefficient (Wildman–Crippen LogP) is 3.29. The molecule has 2 rings (SSSR count). The Bertz CT molecular complexity index is 473. The number of unbranched alkanes of at least 4 members (excludes halogenated alkanes) is 1. The van der Waals surface area contributed by atoms with E-state index in [2.05, 4.69) is 36.6 Å². The monoisotopic (exact) mass is 243 g/mol. The van der Waals surface area contributed by atoms with Crippen LogP contribution in [-0.2, 0) is 6.54 Å². The van der Waals surface area contributed by atoms with Crippen LogP contribution in [0.15, 0.2) is 36.5 Å². The van der Waals surface area contributed by atoms with Crippen LogP contribution in [0.1, 0.15) is 31.0 Å². The van der Waals surface area contributed by atoms with Gasteiger partial charge in [0.25, 0.3) is 0 Å². The Morgan fingerprint density at radius 3 is 2.67 bits per heavy atom. The molecule has 3 nitrogen and oxygen atoms in total. The largest absolute Gasteiger partial charge is 0.497 e. The summed E-state index contributed by atoms with van der Waals surface area (Å²) in [6, 6.07) is 10.2. The first-order valence-corrected chi connectivity index (χ1v) is 6.31. The fourth-order valence-corrected chi connectivity index (χ4v) is 1.84. The molecule has 0 bridgehead atoms. The Morgan fingerprint density at radius 1 is 1.22 bits per heavy atom. The molecule has 1 radical (unpaired) electrons. The van der Waals surface area contributed by atoms with Gasteiger partial charge in [0, 0.05) is 18.3 Å². The lowest BCUT2D eigenvalue weighted by Gasteiger charge is -2.07. The molecule has 1 aromatic heterocycles. The molecule has 0 N–H and O–H groups in total. The van der Waals surface area contributed by atoms with Crippen LogP contribution in [0.3, 0.4) is 0 Å². The Morgan fingerprint density at radius 2 is 2.00 bits per heavy atom. The zero-order valence-electron chi connectivity index (χ0n) is 11.0. The van der Waals surface area contributed by atoms with Gasteiger partial charge in [-0.3, -0.25) is 4.68 Å². The molecule has 0 atom stereocenters. The minimum Gasteiger partial charge on any atom is -0.497 e. The number of ether oxygens (including phenoxy) is 1. The van der Waals surface area contributed by atoms with Crippen molar-refractivity contribution in [2.24, 2.45) is 0 Å². The molecule has 0 fully saturated rings. The van der Waals surface area contributed by atoms with Crippen LogP contribution in [0.4, 0.5) is 0 Å². The van der Waals surface area contributed by atoms with Crippen molar-refractivity contribution in [1.29, 1.82) is 0 Å². The molecule has 0 spiro atoms. The predicted molar refractivity (Wildman–Crippen MR) is 72.6 cm³/mol. The number of nitrogens with zero attached hydrogens (tertiary/aromatic N) is 2. The molecule has 0 saturated carbocycles. The van der Waals surface area contributed by atoms with E-state index >= 15 is 0 Å². The summed E-state index contributed by atoms with van der Waals surface area (Å²) in [5.41, 5.74) is 2.42. The molecule has 1 aromatic carbocycles. The maximum atomic E-state index is 5.15. The molecule has 1 heterocycles. The zero-order chi connectivity index (χ0) is 12.8. The second kappa shape index (κ2) is 6.24. The van der Waals surface area contributed by atoms with Gasteiger partial charge in [-0.2, -0.15) is 5.10 Å². The van der Waals surface area contributed by atoms with E-state index in [9.17, 15) is 0 Å². The van der Waals surface area contributed by atoms with Crippen molar-refractivity contribution in [3.8, 4) is 5.75 Å². The highest BCUT2D eigenvalue weighted by Crippen LogP contribution is 2.14. The second-order valence-corrected chi connectivity index (χ2v) is 4.25. The quantitative estimate of drug-likeness (QED) is 0.778. The van der Waals surface area contributed by atoms with Crippen molar-refractivity contribution in [3.05, 3.63) is 54.2 Å². The van der Waals surface area contributed by atoms with Crippen LogP contribution in [0.2, 0.25) is 0 Å². The molecular formula is C15H19N2O. The first-order valence-electron chi connectivity index (χ1n) is 6.31. The Kier molecular flexibility index (Phi) is 4.40. The number of aromatic nitrogens is 2. The molecule has 0 saturated heterocycles. The van der Waals surface area contributed by atoms with Crippen molar-refractivity contribution in [2.45, 2.75) is 26.3 Å². The van der Waals surface area contributed by atoms with Gasteiger partial charge in [-0.1, -0.05) is 25.5 Å². The molecule has 95 valence electrons. The maximum Gasteiger partial charge on any atom is 0.118 e. The fraction of sp³-hybridized carbons (Fsp3) is 0.333. The number of methoxy groups -OCH3 is 1. The van der Waals surface area contributed by atoms with Crippen molar-refractivity contribution >= 4 is 0 Å². The van der Waals surface area contributed by atoms with Gasteiger partial charge in [0.1, 0.15) is 5.75 Å². The minimum atomic E-state index is 0.798. The number of benzene rings is 1. The highest BCUT2D eigenvalue weighted by molar-refractivity contribution is 5.27. The summed E-state index contributed by atoms with van der Waals surface area (Å²) in [7, 11) is 1.68. The fourth-order valence-electron chi connectivity index (χ4n) is 1.84. The van der Waals surface area contributed by atoms with Crippen LogP contribution in [-0.4, -0.2) is 16.9 Å². The van der Waals surface area contributed by atoms with Gasteiger partial charge in [0.15, 0.2) is 0 Å². The van der Waals surface area contributed by atoms with Crippen LogP contribution >= 0.6 is 0 Å². The average molecular weight is 243 g/mol. The highest BCUT2D eigenvalue weighted by Gasteiger charge is 2.03. The number of rotatable bonds is 6. The van der Waals surface area contributed by atoms with Crippen LogP contribution in [0.25, 0.3) is 0 Å². The lowest BCUT2D eigenvalue weighted by atomic mass is 10.2. The Labute approximate surface area is 108 Å². The Balaban J connectivity index is 2.05. The van der Waals surface area contributed by atoms with E-state index in [1.54, 1.807) is 7.11 Å². The lowest BCUT2D eigenvalue weighted by molar-refractivity contribution is 0.414. The Hall–Kier alpha value is -1.77. The van der Waals surface area contributed by atoms with Crippen molar-refractivity contribution in [3.63, 3.8) is 0 Å². The van der Waals surface area contributed by atoms with Gasteiger partial charge in [0.2, 0.25) is 0 Å². The lowest BCUT2D eigenvalue weighted by Crippen LogP contribution is -2.05. The summed E-state index contributed by atoms with van der Waals surface area (Å²) in [5, 5.41) is 4.36. The van der Waals surface area contributed by atoms with E-state index in [0.717, 1.165) is 25.1 Å². The molecule has 18 heavy (non-hydrogen) atoms. The van der Waals surface area contributed by atoms with Crippen LogP contribution in [0, 0.1) is 6.42 Å². The van der Waals surface area contributed by atoms with Crippen LogP contribution < -0.4 is 4.74 Å². The van der Waals surface area contributed by atoms with Gasteiger partial charge < -0.3 is 4.74 Å². The van der Waals surface area contributed by atoms with E-state index in [1.165, 1.54) is 11.3 Å². The number of hydrogen-bond donors (Lipinski definition) is 0. The first-order chi connectivity index (χ1) is 8.83. The third-order valence-electron chi connectivity index (χ3n) is 2.88. The van der Waals surface area contributed by atoms with Crippen molar-refractivity contribution < 1.29 is 4.74 Å². The van der Waals surface area contributed by atoms with E-state index < -0.39 is 0 Å². The number of hydrogen-bond acceptors (Lipinski definition) is 2. The molecule has 3 heteroatoms. The summed E-state index contributed by atoms with van der Waals surface area (Å²) in [6.45, 7) is 2.98. The zero-order valence-corrected chi connectivity index (χ0v) is 11.0. The topological polar surface area (TPSA) is 27.1 Å². The SMILES string of the molecule is CCC[CH]c1ccnn1Cc1ccc(OC)cc1. The van der Waals surface area contributed by atoms with E-state index in [-0.39, 0.29) is 0 Å². The maximum absolute atomic E-state index is 5.15. The van der Waals surface area contributed by atoms with E-state index in [0.29, 0.717) is 0 Å². The molecule has 0 aliphatic rings. The molecular weight excluding hydrogens is 224 g/mol. The summed E-state index contributed by atoms with van der Waals surface area (Å²) < 4.78 is 7.18. The first kappa shape index (κ1) is 12.7. The third kappa shape index (κ3) is 3.13. The molecule has 0 aliphatic heterocycles. The van der Waals surface area contributed by atoms with Gasteiger partial charge >= 0.3 is 0 Å². The minimum absolute atomic E-state index is 0.798. The molecule has 0 aliphatic carbocycles. The van der Waals surface area contributed by atoms with Crippen molar-refractivity contribution in [1.82, 2.24) is 9.78 Å². The van der Waals surface area contributed by atoms with Gasteiger partial charge in [-0.05, 0) is 30.2 Å².